The van der Waals surface area contributed by atoms with Gasteiger partial charge in [-0.1, -0.05) is 30.3 Å². The minimum Gasteiger partial charge on any atom is -0.497 e. The fourth-order valence-corrected chi connectivity index (χ4v) is 4.32. The van der Waals surface area contributed by atoms with Gasteiger partial charge in [0, 0.05) is 31.4 Å². The monoisotopic (exact) mass is 415 g/mol. The van der Waals surface area contributed by atoms with Crippen molar-refractivity contribution in [1.29, 1.82) is 0 Å². The van der Waals surface area contributed by atoms with E-state index in [-0.39, 0.29) is 0 Å². The Morgan fingerprint density at radius 1 is 1.03 bits per heavy atom. The van der Waals surface area contributed by atoms with Crippen molar-refractivity contribution in [2.75, 3.05) is 25.7 Å². The summed E-state index contributed by atoms with van der Waals surface area (Å²) in [6.45, 7) is 0.960. The molecule has 7 heteroatoms. The predicted molar refractivity (Wildman–Crippen MR) is 119 cm³/mol. The second-order valence-electron chi connectivity index (χ2n) is 7.71. The van der Waals surface area contributed by atoms with Crippen molar-refractivity contribution in [1.82, 2.24) is 19.6 Å². The van der Waals surface area contributed by atoms with Gasteiger partial charge in [-0.05, 0) is 36.1 Å². The van der Waals surface area contributed by atoms with Gasteiger partial charge in [0.25, 0.3) is 0 Å². The maximum absolute atomic E-state index is 5.39. The number of hydrogen-bond acceptors (Lipinski definition) is 6. The second-order valence-corrected chi connectivity index (χ2v) is 7.71. The predicted octanol–water partition coefficient (Wildman–Crippen LogP) is 4.07. The number of ether oxygens (including phenoxy) is 2. The van der Waals surface area contributed by atoms with Crippen molar-refractivity contribution in [2.45, 2.75) is 25.3 Å². The van der Waals surface area contributed by atoms with E-state index in [1.807, 2.05) is 28.9 Å². The summed E-state index contributed by atoms with van der Waals surface area (Å²) in [6.07, 6.45) is 6.48. The first-order chi connectivity index (χ1) is 15.2. The molecule has 2 aromatic carbocycles. The fraction of sp³-hybridized carbons (Fsp3) is 0.292. The Labute approximate surface area is 181 Å². The summed E-state index contributed by atoms with van der Waals surface area (Å²) in [4.78, 5) is 11.9. The third kappa shape index (κ3) is 3.79. The van der Waals surface area contributed by atoms with Gasteiger partial charge in [-0.15, -0.1) is 0 Å². The number of rotatable bonds is 6. The largest absolute Gasteiger partial charge is 0.497 e. The van der Waals surface area contributed by atoms with Gasteiger partial charge in [0.1, 0.15) is 11.5 Å². The van der Waals surface area contributed by atoms with Gasteiger partial charge >= 0.3 is 0 Å². The Kier molecular flexibility index (Phi) is 5.16. The highest BCUT2D eigenvalue weighted by molar-refractivity contribution is 5.65. The smallest absolute Gasteiger partial charge is 0.198 e. The van der Waals surface area contributed by atoms with E-state index in [1.54, 1.807) is 20.4 Å². The summed E-state index contributed by atoms with van der Waals surface area (Å²) in [5.74, 6) is 3.13. The molecule has 1 fully saturated rings. The molecule has 0 radical (unpaired) electrons. The molecule has 1 atom stereocenters. The van der Waals surface area contributed by atoms with Crippen LogP contribution in [0.1, 0.15) is 35.8 Å². The van der Waals surface area contributed by atoms with Crippen molar-refractivity contribution in [3.8, 4) is 11.5 Å². The number of methoxy groups -OCH3 is 2. The lowest BCUT2D eigenvalue weighted by Crippen LogP contribution is -2.24. The molecular weight excluding hydrogens is 390 g/mol. The van der Waals surface area contributed by atoms with Gasteiger partial charge in [0.15, 0.2) is 17.3 Å². The van der Waals surface area contributed by atoms with Crippen LogP contribution in [0.2, 0.25) is 0 Å². The van der Waals surface area contributed by atoms with Crippen LogP contribution in [0.5, 0.6) is 11.5 Å². The van der Waals surface area contributed by atoms with Crippen molar-refractivity contribution in [3.05, 3.63) is 77.9 Å². The molecule has 1 unspecified atom stereocenters. The molecule has 0 spiro atoms. The SMILES string of the molecule is COc1cc(Cc2nc3c(N4CCCC4c4ccccc4)nccn3n2)cc(OC)c1. The zero-order chi connectivity index (χ0) is 21.2. The Bertz CT molecular complexity index is 1170. The molecule has 1 aliphatic heterocycles. The zero-order valence-corrected chi connectivity index (χ0v) is 17.7. The van der Waals surface area contributed by atoms with Crippen LogP contribution in [-0.4, -0.2) is 40.3 Å². The molecule has 0 amide bonds. The molecule has 31 heavy (non-hydrogen) atoms. The number of benzene rings is 2. The van der Waals surface area contributed by atoms with Crippen LogP contribution in [0.3, 0.4) is 0 Å². The standard InChI is InChI=1S/C24H25N5O2/c1-30-19-13-17(14-20(16-19)31-2)15-22-26-24-23(25-10-12-29(24)27-22)28-11-6-9-21(28)18-7-4-3-5-8-18/h3-5,7-8,10,12-14,16,21H,6,9,11,15H2,1-2H3. The zero-order valence-electron chi connectivity index (χ0n) is 17.7. The molecule has 0 saturated carbocycles. The average Bonchev–Trinajstić information content (AvgIpc) is 3.46. The first-order valence-electron chi connectivity index (χ1n) is 10.5. The minimum absolute atomic E-state index is 0.308. The van der Waals surface area contributed by atoms with E-state index in [1.165, 1.54) is 5.56 Å². The van der Waals surface area contributed by atoms with E-state index < -0.39 is 0 Å². The highest BCUT2D eigenvalue weighted by Crippen LogP contribution is 2.36. The molecule has 4 aromatic rings. The normalized spacial score (nSPS) is 16.1. The van der Waals surface area contributed by atoms with E-state index in [0.29, 0.717) is 12.5 Å². The van der Waals surface area contributed by atoms with Crippen LogP contribution in [0, 0.1) is 0 Å². The summed E-state index contributed by atoms with van der Waals surface area (Å²) < 4.78 is 12.6. The number of nitrogens with zero attached hydrogens (tertiary/aromatic N) is 5. The second kappa shape index (κ2) is 8.26. The first-order valence-corrected chi connectivity index (χ1v) is 10.5. The van der Waals surface area contributed by atoms with Crippen molar-refractivity contribution in [3.63, 3.8) is 0 Å². The van der Waals surface area contributed by atoms with Crippen LogP contribution >= 0.6 is 0 Å². The third-order valence-corrected chi connectivity index (χ3v) is 5.76. The number of anilines is 1. The Morgan fingerprint density at radius 3 is 2.55 bits per heavy atom. The van der Waals surface area contributed by atoms with E-state index in [2.05, 4.69) is 35.2 Å². The summed E-state index contributed by atoms with van der Waals surface area (Å²) in [6, 6.07) is 16.8. The van der Waals surface area contributed by atoms with Gasteiger partial charge in [-0.3, -0.25) is 0 Å². The summed E-state index contributed by atoms with van der Waals surface area (Å²) in [5, 5.41) is 4.71. The Hall–Kier alpha value is -3.61. The molecule has 0 bridgehead atoms. The molecule has 0 aliphatic carbocycles. The van der Waals surface area contributed by atoms with Crippen LogP contribution in [-0.2, 0) is 6.42 Å². The Balaban J connectivity index is 1.49. The average molecular weight is 415 g/mol. The summed E-state index contributed by atoms with van der Waals surface area (Å²) in [7, 11) is 3.30. The third-order valence-electron chi connectivity index (χ3n) is 5.76. The van der Waals surface area contributed by atoms with Crippen LogP contribution in [0.4, 0.5) is 5.82 Å². The maximum atomic E-state index is 5.39. The number of aromatic nitrogens is 4. The van der Waals surface area contributed by atoms with Crippen LogP contribution in [0.15, 0.2) is 60.9 Å². The fourth-order valence-electron chi connectivity index (χ4n) is 4.32. The lowest BCUT2D eigenvalue weighted by molar-refractivity contribution is 0.393. The van der Waals surface area contributed by atoms with Gasteiger partial charge in [0.2, 0.25) is 0 Å². The highest BCUT2D eigenvalue weighted by atomic mass is 16.5. The van der Waals surface area contributed by atoms with Gasteiger partial charge < -0.3 is 14.4 Å². The number of fused-ring (bicyclic) bond motifs is 1. The van der Waals surface area contributed by atoms with Gasteiger partial charge in [0.05, 0.1) is 20.3 Å². The molecule has 7 nitrogen and oxygen atoms in total. The molecule has 3 heterocycles. The van der Waals surface area contributed by atoms with Gasteiger partial charge in [-0.25, -0.2) is 14.5 Å². The lowest BCUT2D eigenvalue weighted by atomic mass is 10.0. The van der Waals surface area contributed by atoms with Crippen molar-refractivity contribution >= 4 is 11.5 Å². The van der Waals surface area contributed by atoms with E-state index >= 15 is 0 Å². The molecule has 5 rings (SSSR count). The molecule has 1 saturated heterocycles. The van der Waals surface area contributed by atoms with E-state index in [4.69, 9.17) is 24.5 Å². The summed E-state index contributed by atoms with van der Waals surface area (Å²) >= 11 is 0. The Morgan fingerprint density at radius 2 is 1.81 bits per heavy atom. The minimum atomic E-state index is 0.308. The molecule has 1 aliphatic rings. The quantitative estimate of drug-likeness (QED) is 0.473. The van der Waals surface area contributed by atoms with Crippen molar-refractivity contribution < 1.29 is 9.47 Å². The number of hydrogen-bond donors (Lipinski definition) is 0. The van der Waals surface area contributed by atoms with Crippen molar-refractivity contribution in [2.24, 2.45) is 0 Å². The summed E-state index contributed by atoms with van der Waals surface area (Å²) in [5.41, 5.74) is 3.13. The topological polar surface area (TPSA) is 64.8 Å². The van der Waals surface area contributed by atoms with E-state index in [0.717, 1.165) is 53.7 Å². The molecular formula is C24H25N5O2. The van der Waals surface area contributed by atoms with Crippen LogP contribution < -0.4 is 14.4 Å². The maximum Gasteiger partial charge on any atom is 0.198 e. The molecule has 158 valence electrons. The molecule has 2 aromatic heterocycles. The first kappa shape index (κ1) is 19.4. The van der Waals surface area contributed by atoms with E-state index in [9.17, 15) is 0 Å². The molecule has 0 N–H and O–H groups in total. The van der Waals surface area contributed by atoms with Gasteiger partial charge in [-0.2, -0.15) is 5.10 Å². The highest BCUT2D eigenvalue weighted by Gasteiger charge is 2.29. The lowest BCUT2D eigenvalue weighted by Gasteiger charge is -2.26. The van der Waals surface area contributed by atoms with Crippen LogP contribution in [0.25, 0.3) is 5.65 Å².